The Morgan fingerprint density at radius 3 is 2.76 bits per heavy atom. The zero-order chi connectivity index (χ0) is 15.2. The highest BCUT2D eigenvalue weighted by molar-refractivity contribution is 7.85. The Hall–Kier alpha value is -1.11. The summed E-state index contributed by atoms with van der Waals surface area (Å²) in [6, 6.07) is 4.83. The molecule has 7 heteroatoms. The van der Waals surface area contributed by atoms with E-state index >= 15 is 0 Å². The summed E-state index contributed by atoms with van der Waals surface area (Å²) in [4.78, 5) is 13.9. The van der Waals surface area contributed by atoms with E-state index in [-0.39, 0.29) is 0 Å². The van der Waals surface area contributed by atoms with Gasteiger partial charge >= 0.3 is 5.97 Å². The molecule has 1 aliphatic rings. The van der Waals surface area contributed by atoms with Gasteiger partial charge in [-0.25, -0.2) is 4.79 Å². The Morgan fingerprint density at radius 2 is 2.10 bits per heavy atom. The molecule has 0 spiro atoms. The number of carbonyl (C=O) groups is 1. The molecule has 0 radical (unpaired) electrons. The van der Waals surface area contributed by atoms with E-state index in [0.717, 1.165) is 19.6 Å². The second-order valence-electron chi connectivity index (χ2n) is 4.67. The van der Waals surface area contributed by atoms with E-state index in [9.17, 15) is 9.00 Å². The molecular formula is C14H18ClNO4S. The number of ether oxygens (including phenoxy) is 2. The molecular weight excluding hydrogens is 314 g/mol. The molecule has 1 heterocycles. The van der Waals surface area contributed by atoms with Gasteiger partial charge in [-0.15, -0.1) is 0 Å². The van der Waals surface area contributed by atoms with E-state index < -0.39 is 16.8 Å². The highest BCUT2D eigenvalue weighted by atomic mass is 35.5. The van der Waals surface area contributed by atoms with Crippen molar-refractivity contribution in [2.24, 2.45) is 0 Å². The molecule has 0 aromatic heterocycles. The quantitative estimate of drug-likeness (QED) is 0.767. The highest BCUT2D eigenvalue weighted by Gasteiger charge is 2.16. The SMILES string of the molecule is COC(=O)c1ccc(Cl)cc1OCCN1CCS(=O)CC1. The van der Waals surface area contributed by atoms with E-state index in [1.807, 2.05) is 0 Å². The maximum absolute atomic E-state index is 11.7. The van der Waals surface area contributed by atoms with Gasteiger partial charge in [-0.05, 0) is 18.2 Å². The fourth-order valence-corrected chi connectivity index (χ4v) is 3.37. The first-order chi connectivity index (χ1) is 10.1. The molecule has 1 aliphatic heterocycles. The van der Waals surface area contributed by atoms with Gasteiger partial charge in [-0.1, -0.05) is 11.6 Å². The van der Waals surface area contributed by atoms with E-state index in [2.05, 4.69) is 4.90 Å². The van der Waals surface area contributed by atoms with Gasteiger partial charge < -0.3 is 9.47 Å². The average molecular weight is 332 g/mol. The average Bonchev–Trinajstić information content (AvgIpc) is 2.49. The number of methoxy groups -OCH3 is 1. The number of rotatable bonds is 5. The second kappa shape index (κ2) is 7.77. The molecule has 0 amide bonds. The van der Waals surface area contributed by atoms with Crippen LogP contribution in [0.4, 0.5) is 0 Å². The molecule has 0 bridgehead atoms. The fourth-order valence-electron chi connectivity index (χ4n) is 2.08. The molecule has 2 rings (SSSR count). The number of halogens is 1. The van der Waals surface area contributed by atoms with Crippen LogP contribution in [0.5, 0.6) is 5.75 Å². The van der Waals surface area contributed by atoms with Crippen LogP contribution in [0.25, 0.3) is 0 Å². The van der Waals surface area contributed by atoms with Crippen LogP contribution in [0.1, 0.15) is 10.4 Å². The van der Waals surface area contributed by atoms with Crippen molar-refractivity contribution in [3.63, 3.8) is 0 Å². The van der Waals surface area contributed by atoms with Crippen molar-refractivity contribution < 1.29 is 18.5 Å². The Balaban J connectivity index is 1.91. The van der Waals surface area contributed by atoms with Gasteiger partial charge in [-0.2, -0.15) is 0 Å². The Labute approximate surface area is 131 Å². The third-order valence-electron chi connectivity index (χ3n) is 3.28. The van der Waals surface area contributed by atoms with Crippen LogP contribution >= 0.6 is 11.6 Å². The van der Waals surface area contributed by atoms with Crippen molar-refractivity contribution in [2.75, 3.05) is 44.9 Å². The predicted molar refractivity (Wildman–Crippen MR) is 82.6 cm³/mol. The number of carbonyl (C=O) groups excluding carboxylic acids is 1. The highest BCUT2D eigenvalue weighted by Crippen LogP contribution is 2.24. The van der Waals surface area contributed by atoms with Crippen LogP contribution in [-0.2, 0) is 15.5 Å². The van der Waals surface area contributed by atoms with Gasteiger partial charge in [0.1, 0.15) is 17.9 Å². The van der Waals surface area contributed by atoms with E-state index in [1.165, 1.54) is 7.11 Å². The number of nitrogens with zero attached hydrogens (tertiary/aromatic N) is 1. The van der Waals surface area contributed by atoms with Crippen LogP contribution in [-0.4, -0.2) is 59.9 Å². The zero-order valence-corrected chi connectivity index (χ0v) is 13.4. The lowest BCUT2D eigenvalue weighted by molar-refractivity contribution is 0.0595. The lowest BCUT2D eigenvalue weighted by atomic mass is 10.2. The minimum atomic E-state index is -0.678. The first kappa shape index (κ1) is 16.3. The minimum Gasteiger partial charge on any atom is -0.491 e. The predicted octanol–water partition coefficient (Wildman–Crippen LogP) is 1.57. The van der Waals surface area contributed by atoms with Gasteiger partial charge in [0.15, 0.2) is 0 Å². The summed E-state index contributed by atoms with van der Waals surface area (Å²) in [6.07, 6.45) is 0. The number of hydrogen-bond acceptors (Lipinski definition) is 5. The van der Waals surface area contributed by atoms with E-state index in [1.54, 1.807) is 18.2 Å². The number of esters is 1. The summed E-state index contributed by atoms with van der Waals surface area (Å²) < 4.78 is 21.7. The zero-order valence-electron chi connectivity index (χ0n) is 11.8. The first-order valence-electron chi connectivity index (χ1n) is 6.68. The van der Waals surface area contributed by atoms with Crippen molar-refractivity contribution in [2.45, 2.75) is 0 Å². The van der Waals surface area contributed by atoms with Crippen molar-refractivity contribution in [3.8, 4) is 5.75 Å². The third-order valence-corrected chi connectivity index (χ3v) is 4.80. The van der Waals surface area contributed by atoms with Crippen molar-refractivity contribution in [3.05, 3.63) is 28.8 Å². The normalized spacial score (nSPS) is 16.7. The maximum Gasteiger partial charge on any atom is 0.341 e. The van der Waals surface area contributed by atoms with E-state index in [4.69, 9.17) is 21.1 Å². The lowest BCUT2D eigenvalue weighted by Gasteiger charge is -2.26. The summed E-state index contributed by atoms with van der Waals surface area (Å²) in [5, 5.41) is 0.506. The van der Waals surface area contributed by atoms with Crippen molar-refractivity contribution in [1.29, 1.82) is 0 Å². The molecule has 0 N–H and O–H groups in total. The van der Waals surface area contributed by atoms with Gasteiger partial charge in [0.25, 0.3) is 0 Å². The monoisotopic (exact) mass is 331 g/mol. The molecule has 1 aromatic carbocycles. The van der Waals surface area contributed by atoms with Crippen LogP contribution in [0.2, 0.25) is 5.02 Å². The molecule has 1 aromatic rings. The smallest absolute Gasteiger partial charge is 0.341 e. The maximum atomic E-state index is 11.7. The second-order valence-corrected chi connectivity index (χ2v) is 6.80. The summed E-state index contributed by atoms with van der Waals surface area (Å²) in [7, 11) is 0.650. The van der Waals surface area contributed by atoms with Gasteiger partial charge in [0.05, 0.1) is 7.11 Å². The fraction of sp³-hybridized carbons (Fsp3) is 0.500. The first-order valence-corrected chi connectivity index (χ1v) is 8.55. The topological polar surface area (TPSA) is 55.8 Å². The van der Waals surface area contributed by atoms with E-state index in [0.29, 0.717) is 34.4 Å². The largest absolute Gasteiger partial charge is 0.491 e. The number of benzene rings is 1. The molecule has 116 valence electrons. The summed E-state index contributed by atoms with van der Waals surface area (Å²) in [5.41, 5.74) is 0.363. The van der Waals surface area contributed by atoms with Gasteiger partial charge in [0, 0.05) is 47.0 Å². The van der Waals surface area contributed by atoms with Crippen molar-refractivity contribution >= 4 is 28.4 Å². The van der Waals surface area contributed by atoms with Crippen LogP contribution in [0, 0.1) is 0 Å². The van der Waals surface area contributed by atoms with Crippen LogP contribution in [0.15, 0.2) is 18.2 Å². The van der Waals surface area contributed by atoms with Crippen molar-refractivity contribution in [1.82, 2.24) is 4.90 Å². The molecule has 0 aliphatic carbocycles. The summed E-state index contributed by atoms with van der Waals surface area (Å²) >= 11 is 5.93. The lowest BCUT2D eigenvalue weighted by Crippen LogP contribution is -2.39. The summed E-state index contributed by atoms with van der Waals surface area (Å²) in [6.45, 7) is 2.80. The molecule has 0 atom stereocenters. The minimum absolute atomic E-state index is 0.363. The van der Waals surface area contributed by atoms with Crippen LogP contribution < -0.4 is 4.74 Å². The Kier molecular flexibility index (Phi) is 6.02. The standard InChI is InChI=1S/C14H18ClNO4S/c1-19-14(17)12-3-2-11(15)10-13(12)20-7-4-16-5-8-21(18)9-6-16/h2-3,10H,4-9H2,1H3. The molecule has 1 fully saturated rings. The molecule has 21 heavy (non-hydrogen) atoms. The third kappa shape index (κ3) is 4.69. The van der Waals surface area contributed by atoms with Crippen LogP contribution in [0.3, 0.4) is 0 Å². The Bertz CT molecular complexity index is 528. The number of hydrogen-bond donors (Lipinski definition) is 0. The molecule has 1 saturated heterocycles. The summed E-state index contributed by atoms with van der Waals surface area (Å²) in [5.74, 6) is 1.40. The molecule has 5 nitrogen and oxygen atoms in total. The Morgan fingerprint density at radius 1 is 1.38 bits per heavy atom. The van der Waals surface area contributed by atoms with Gasteiger partial charge in [0.2, 0.25) is 0 Å². The molecule has 0 unspecified atom stereocenters. The molecule has 0 saturated carbocycles. The van der Waals surface area contributed by atoms with Gasteiger partial charge in [-0.3, -0.25) is 9.11 Å².